The largest absolute Gasteiger partial charge is 0.301 e. The van der Waals surface area contributed by atoms with Crippen molar-refractivity contribution in [3.8, 4) is 0 Å². The summed E-state index contributed by atoms with van der Waals surface area (Å²) < 4.78 is 0. The van der Waals surface area contributed by atoms with Crippen molar-refractivity contribution in [2.24, 2.45) is 0 Å². The molecule has 0 radical (unpaired) electrons. The first kappa shape index (κ1) is 16.7. The van der Waals surface area contributed by atoms with Gasteiger partial charge in [-0.05, 0) is 19.8 Å². The van der Waals surface area contributed by atoms with Crippen LogP contribution in [0.3, 0.4) is 0 Å². The number of nitrogens with one attached hydrogen (secondary N) is 2. The lowest BCUT2D eigenvalue weighted by atomic mass is 10.2. The second kappa shape index (κ2) is 8.09. The molecule has 2 N–H and O–H groups in total. The normalized spacial score (nSPS) is 12.1. The highest BCUT2D eigenvalue weighted by Crippen LogP contribution is 2.21. The number of nitrogens with zero attached hydrogens (tertiary/aromatic N) is 2. The van der Waals surface area contributed by atoms with Gasteiger partial charge in [-0.3, -0.25) is 9.59 Å². The van der Waals surface area contributed by atoms with E-state index >= 15 is 0 Å². The second-order valence-corrected chi connectivity index (χ2v) is 6.96. The van der Waals surface area contributed by atoms with Crippen LogP contribution in [0.2, 0.25) is 0 Å². The van der Waals surface area contributed by atoms with Crippen molar-refractivity contribution in [1.82, 2.24) is 15.0 Å². The highest BCUT2D eigenvalue weighted by Gasteiger charge is 2.17. The van der Waals surface area contributed by atoms with Crippen LogP contribution < -0.4 is 10.9 Å². The number of unbranched alkanes of at least 4 members (excludes halogenated alkanes) is 1. The van der Waals surface area contributed by atoms with Gasteiger partial charge in [-0.15, -0.1) is 11.3 Å². The zero-order valence-electron chi connectivity index (χ0n) is 12.5. The van der Waals surface area contributed by atoms with Crippen LogP contribution in [0.1, 0.15) is 32.4 Å². The SMILES string of the molecule is CCCCc1cc(=O)[nH]c(SC(C)C(=O)Nc2nccs2)n1. The quantitative estimate of drug-likeness (QED) is 0.598. The zero-order valence-corrected chi connectivity index (χ0v) is 14.1. The Labute approximate surface area is 136 Å². The van der Waals surface area contributed by atoms with Crippen LogP contribution in [0, 0.1) is 0 Å². The molecule has 0 aliphatic carbocycles. The molecule has 0 spiro atoms. The molecule has 118 valence electrons. The molecule has 0 aliphatic rings. The maximum Gasteiger partial charge on any atom is 0.251 e. The van der Waals surface area contributed by atoms with Crippen LogP contribution in [0.25, 0.3) is 0 Å². The number of rotatable bonds is 7. The fourth-order valence-electron chi connectivity index (χ4n) is 1.74. The first-order valence-corrected chi connectivity index (χ1v) is 8.81. The van der Waals surface area contributed by atoms with Crippen molar-refractivity contribution in [3.05, 3.63) is 33.7 Å². The van der Waals surface area contributed by atoms with Crippen LogP contribution in [-0.2, 0) is 11.2 Å². The monoisotopic (exact) mass is 338 g/mol. The van der Waals surface area contributed by atoms with Gasteiger partial charge in [0, 0.05) is 23.3 Å². The smallest absolute Gasteiger partial charge is 0.251 e. The molecule has 0 bridgehead atoms. The fraction of sp³-hybridized carbons (Fsp3) is 0.429. The Kier molecular flexibility index (Phi) is 6.14. The molecule has 0 aromatic carbocycles. The van der Waals surface area contributed by atoms with Crippen LogP contribution in [0.5, 0.6) is 0 Å². The van der Waals surface area contributed by atoms with Crippen molar-refractivity contribution in [1.29, 1.82) is 0 Å². The van der Waals surface area contributed by atoms with Gasteiger partial charge in [-0.25, -0.2) is 9.97 Å². The minimum absolute atomic E-state index is 0.165. The van der Waals surface area contributed by atoms with Gasteiger partial charge in [0.15, 0.2) is 10.3 Å². The molecule has 2 aromatic heterocycles. The number of anilines is 1. The molecule has 6 nitrogen and oxygen atoms in total. The molecule has 2 heterocycles. The van der Waals surface area contributed by atoms with Crippen molar-refractivity contribution in [2.45, 2.75) is 43.5 Å². The molecular weight excluding hydrogens is 320 g/mol. The Morgan fingerprint density at radius 3 is 3.05 bits per heavy atom. The van der Waals surface area contributed by atoms with Crippen LogP contribution in [-0.4, -0.2) is 26.1 Å². The molecule has 2 aromatic rings. The highest BCUT2D eigenvalue weighted by atomic mass is 32.2. The van der Waals surface area contributed by atoms with Crippen molar-refractivity contribution in [2.75, 3.05) is 5.32 Å². The number of carbonyl (C=O) groups excluding carboxylic acids is 1. The van der Waals surface area contributed by atoms with Crippen LogP contribution >= 0.6 is 23.1 Å². The van der Waals surface area contributed by atoms with E-state index in [-0.39, 0.29) is 16.7 Å². The first-order valence-electron chi connectivity index (χ1n) is 7.05. The number of carbonyl (C=O) groups is 1. The highest BCUT2D eigenvalue weighted by molar-refractivity contribution is 8.00. The lowest BCUT2D eigenvalue weighted by Gasteiger charge is -2.10. The van der Waals surface area contributed by atoms with Gasteiger partial charge >= 0.3 is 0 Å². The average Bonchev–Trinajstić information content (AvgIpc) is 2.97. The second-order valence-electron chi connectivity index (χ2n) is 4.73. The molecule has 22 heavy (non-hydrogen) atoms. The van der Waals surface area contributed by atoms with Crippen molar-refractivity contribution < 1.29 is 4.79 Å². The predicted molar refractivity (Wildman–Crippen MR) is 89.5 cm³/mol. The average molecular weight is 338 g/mol. The van der Waals surface area contributed by atoms with Gasteiger partial charge in [0.25, 0.3) is 5.56 Å². The van der Waals surface area contributed by atoms with E-state index in [2.05, 4.69) is 27.2 Å². The van der Waals surface area contributed by atoms with Gasteiger partial charge in [-0.2, -0.15) is 0 Å². The third-order valence-corrected chi connectivity index (χ3v) is 4.55. The lowest BCUT2D eigenvalue weighted by Crippen LogP contribution is -2.23. The topological polar surface area (TPSA) is 87.7 Å². The van der Waals surface area contributed by atoms with Gasteiger partial charge < -0.3 is 10.3 Å². The maximum absolute atomic E-state index is 12.1. The minimum atomic E-state index is -0.381. The third-order valence-electron chi connectivity index (χ3n) is 2.88. The van der Waals surface area contributed by atoms with E-state index < -0.39 is 0 Å². The number of thiazole rings is 1. The van der Waals surface area contributed by atoms with Crippen molar-refractivity contribution >= 4 is 34.1 Å². The minimum Gasteiger partial charge on any atom is -0.301 e. The number of hydrogen-bond acceptors (Lipinski definition) is 6. The third kappa shape index (κ3) is 4.96. The number of aromatic nitrogens is 3. The summed E-state index contributed by atoms with van der Waals surface area (Å²) in [6.07, 6.45) is 4.44. The number of H-pyrrole nitrogens is 1. The molecule has 1 atom stereocenters. The van der Waals surface area contributed by atoms with Gasteiger partial charge in [-0.1, -0.05) is 25.1 Å². The van der Waals surface area contributed by atoms with Crippen LogP contribution in [0.4, 0.5) is 5.13 Å². The first-order chi connectivity index (χ1) is 10.6. The Hall–Kier alpha value is -1.67. The molecular formula is C14H18N4O2S2. The van der Waals surface area contributed by atoms with Gasteiger partial charge in [0.2, 0.25) is 5.91 Å². The molecule has 1 unspecified atom stereocenters. The van der Waals surface area contributed by atoms with Gasteiger partial charge in [0.05, 0.1) is 5.25 Å². The number of thioether (sulfide) groups is 1. The Bertz CT molecular complexity index is 670. The van der Waals surface area contributed by atoms with E-state index in [1.54, 1.807) is 18.5 Å². The summed E-state index contributed by atoms with van der Waals surface area (Å²) >= 11 is 2.60. The summed E-state index contributed by atoms with van der Waals surface area (Å²) in [7, 11) is 0. The molecule has 0 aliphatic heterocycles. The van der Waals surface area contributed by atoms with Crippen LogP contribution in [0.15, 0.2) is 27.6 Å². The molecule has 0 saturated carbocycles. The molecule has 8 heteroatoms. The summed E-state index contributed by atoms with van der Waals surface area (Å²) in [6, 6.07) is 1.51. The Morgan fingerprint density at radius 2 is 2.36 bits per heavy atom. The van der Waals surface area contributed by atoms with E-state index in [1.165, 1.54) is 29.2 Å². The number of aromatic amines is 1. The summed E-state index contributed by atoms with van der Waals surface area (Å²) in [5.74, 6) is -0.165. The summed E-state index contributed by atoms with van der Waals surface area (Å²) in [5.41, 5.74) is 0.580. The molecule has 2 rings (SSSR count). The molecule has 1 amide bonds. The lowest BCUT2D eigenvalue weighted by molar-refractivity contribution is -0.115. The molecule has 0 fully saturated rings. The predicted octanol–water partition coefficient (Wildman–Crippen LogP) is 2.69. The number of hydrogen-bond donors (Lipinski definition) is 2. The zero-order chi connectivity index (χ0) is 15.9. The summed E-state index contributed by atoms with van der Waals surface area (Å²) in [5, 5.41) is 5.19. The summed E-state index contributed by atoms with van der Waals surface area (Å²) in [6.45, 7) is 3.86. The number of aryl methyl sites for hydroxylation is 1. The molecule has 0 saturated heterocycles. The fourth-order valence-corrected chi connectivity index (χ4v) is 3.10. The Morgan fingerprint density at radius 1 is 1.55 bits per heavy atom. The number of amides is 1. The standard InChI is InChI=1S/C14H18N4O2S2/c1-3-4-5-10-8-11(19)17-14(16-10)22-9(2)12(20)18-13-15-6-7-21-13/h6-9H,3-5H2,1-2H3,(H,15,18,20)(H,16,17,19). The van der Waals surface area contributed by atoms with E-state index in [1.807, 2.05) is 0 Å². The van der Waals surface area contributed by atoms with Gasteiger partial charge in [0.1, 0.15) is 0 Å². The maximum atomic E-state index is 12.1. The summed E-state index contributed by atoms with van der Waals surface area (Å²) in [4.78, 5) is 34.8. The Balaban J connectivity index is 2.01. The van der Waals surface area contributed by atoms with E-state index in [0.717, 1.165) is 25.0 Å². The van der Waals surface area contributed by atoms with E-state index in [0.29, 0.717) is 10.3 Å². The van der Waals surface area contributed by atoms with E-state index in [4.69, 9.17) is 0 Å². The van der Waals surface area contributed by atoms with Crippen molar-refractivity contribution in [3.63, 3.8) is 0 Å². The van der Waals surface area contributed by atoms with E-state index in [9.17, 15) is 9.59 Å².